The Bertz CT molecular complexity index is 794. The van der Waals surface area contributed by atoms with Crippen LogP contribution in [0.1, 0.15) is 34.1 Å². The van der Waals surface area contributed by atoms with Gasteiger partial charge in [0, 0.05) is 0 Å². The summed E-state index contributed by atoms with van der Waals surface area (Å²) in [6.45, 7) is 5.56. The Morgan fingerprint density at radius 2 is 1.87 bits per heavy atom. The SMILES string of the molecule is CCOC(=O)c1sc(CC)nc1OS(=O)(=O)c1ccc(C)cc1. The lowest BCUT2D eigenvalue weighted by Gasteiger charge is -2.06. The van der Waals surface area contributed by atoms with Crippen LogP contribution in [-0.4, -0.2) is 26.0 Å². The van der Waals surface area contributed by atoms with E-state index in [9.17, 15) is 13.2 Å². The molecule has 2 rings (SSSR count). The van der Waals surface area contributed by atoms with Gasteiger partial charge in [0.1, 0.15) is 4.90 Å². The van der Waals surface area contributed by atoms with E-state index in [0.29, 0.717) is 11.4 Å². The number of benzene rings is 1. The molecule has 0 unspecified atom stereocenters. The van der Waals surface area contributed by atoms with Crippen LogP contribution in [0.5, 0.6) is 5.88 Å². The second-order valence-corrected chi connectivity index (χ2v) is 7.30. The minimum atomic E-state index is -4.06. The van der Waals surface area contributed by atoms with Crippen molar-refractivity contribution in [3.63, 3.8) is 0 Å². The molecule has 1 heterocycles. The minimum absolute atomic E-state index is 0.00366. The average Bonchev–Trinajstić information content (AvgIpc) is 2.90. The summed E-state index contributed by atoms with van der Waals surface area (Å²) in [6.07, 6.45) is 0.561. The maximum atomic E-state index is 12.3. The van der Waals surface area contributed by atoms with Crippen LogP contribution < -0.4 is 4.18 Å². The van der Waals surface area contributed by atoms with E-state index in [1.165, 1.54) is 12.1 Å². The first-order valence-electron chi connectivity index (χ1n) is 7.05. The van der Waals surface area contributed by atoms with Gasteiger partial charge in [0.2, 0.25) is 0 Å². The number of esters is 1. The largest absolute Gasteiger partial charge is 0.462 e. The summed E-state index contributed by atoms with van der Waals surface area (Å²) in [7, 11) is -4.06. The Morgan fingerprint density at radius 3 is 2.43 bits per heavy atom. The van der Waals surface area contributed by atoms with Gasteiger partial charge in [-0.1, -0.05) is 24.6 Å². The fourth-order valence-corrected chi connectivity index (χ4v) is 3.51. The van der Waals surface area contributed by atoms with Gasteiger partial charge in [0.05, 0.1) is 11.6 Å². The van der Waals surface area contributed by atoms with E-state index >= 15 is 0 Å². The van der Waals surface area contributed by atoms with Crippen LogP contribution in [0.15, 0.2) is 29.2 Å². The first-order chi connectivity index (χ1) is 10.9. The molecule has 0 saturated heterocycles. The maximum Gasteiger partial charge on any atom is 0.354 e. The Morgan fingerprint density at radius 1 is 1.22 bits per heavy atom. The molecule has 0 radical (unpaired) electrons. The van der Waals surface area contributed by atoms with Gasteiger partial charge in [-0.15, -0.1) is 11.3 Å². The third-order valence-electron chi connectivity index (χ3n) is 2.90. The fourth-order valence-electron chi connectivity index (χ4n) is 1.74. The van der Waals surface area contributed by atoms with Crippen molar-refractivity contribution in [1.29, 1.82) is 0 Å². The van der Waals surface area contributed by atoms with Gasteiger partial charge >= 0.3 is 16.1 Å². The van der Waals surface area contributed by atoms with E-state index in [1.54, 1.807) is 19.1 Å². The molecule has 23 heavy (non-hydrogen) atoms. The third-order valence-corrected chi connectivity index (χ3v) is 5.29. The summed E-state index contributed by atoms with van der Waals surface area (Å²) in [5, 5.41) is 0.599. The van der Waals surface area contributed by atoms with Gasteiger partial charge in [0.25, 0.3) is 5.88 Å². The summed E-state index contributed by atoms with van der Waals surface area (Å²) in [5.74, 6) is -0.871. The first-order valence-corrected chi connectivity index (χ1v) is 9.27. The van der Waals surface area contributed by atoms with E-state index in [1.807, 2.05) is 13.8 Å². The molecule has 0 aliphatic rings. The molecule has 0 N–H and O–H groups in total. The van der Waals surface area contributed by atoms with Crippen molar-refractivity contribution >= 4 is 27.4 Å². The van der Waals surface area contributed by atoms with Crippen LogP contribution in [0.4, 0.5) is 0 Å². The molecule has 0 saturated carbocycles. The zero-order chi connectivity index (χ0) is 17.0. The van der Waals surface area contributed by atoms with Gasteiger partial charge < -0.3 is 8.92 Å². The highest BCUT2D eigenvalue weighted by Crippen LogP contribution is 2.29. The highest BCUT2D eigenvalue weighted by Gasteiger charge is 2.26. The number of rotatable bonds is 6. The molecular weight excluding hydrogens is 338 g/mol. The summed E-state index contributed by atoms with van der Waals surface area (Å²) < 4.78 is 34.7. The number of aryl methyl sites for hydroxylation is 2. The summed E-state index contributed by atoms with van der Waals surface area (Å²) in [6, 6.07) is 6.23. The number of nitrogens with zero attached hydrogens (tertiary/aromatic N) is 1. The Kier molecular flexibility index (Phi) is 5.38. The molecule has 0 fully saturated rings. The fraction of sp³-hybridized carbons (Fsp3) is 0.333. The zero-order valence-corrected chi connectivity index (χ0v) is 14.7. The Labute approximate surface area is 139 Å². The van der Waals surface area contributed by atoms with Crippen LogP contribution in [0, 0.1) is 6.92 Å². The van der Waals surface area contributed by atoms with E-state index in [0.717, 1.165) is 16.9 Å². The second kappa shape index (κ2) is 7.10. The molecule has 0 atom stereocenters. The van der Waals surface area contributed by atoms with Crippen molar-refractivity contribution in [3.05, 3.63) is 39.7 Å². The molecule has 2 aromatic rings. The first kappa shape index (κ1) is 17.4. The van der Waals surface area contributed by atoms with Gasteiger partial charge in [-0.25, -0.2) is 9.78 Å². The van der Waals surface area contributed by atoms with Crippen LogP contribution in [0.3, 0.4) is 0 Å². The number of carbonyl (C=O) groups excluding carboxylic acids is 1. The van der Waals surface area contributed by atoms with Crippen LogP contribution in [0.2, 0.25) is 0 Å². The molecule has 124 valence electrons. The van der Waals surface area contributed by atoms with Crippen molar-refractivity contribution in [3.8, 4) is 5.88 Å². The van der Waals surface area contributed by atoms with Gasteiger partial charge in [0.15, 0.2) is 4.88 Å². The van der Waals surface area contributed by atoms with Crippen LogP contribution >= 0.6 is 11.3 Å². The number of hydrogen-bond acceptors (Lipinski definition) is 7. The quantitative estimate of drug-likeness (QED) is 0.585. The van der Waals surface area contributed by atoms with Crippen molar-refractivity contribution in [2.24, 2.45) is 0 Å². The molecule has 0 aliphatic carbocycles. The van der Waals surface area contributed by atoms with Crippen molar-refractivity contribution in [2.75, 3.05) is 6.61 Å². The standard InChI is InChI=1S/C15H17NO5S2/c1-4-12-16-14(13(22-12)15(17)20-5-2)21-23(18,19)11-8-6-10(3)7-9-11/h6-9H,4-5H2,1-3H3. The molecule has 1 aromatic heterocycles. The number of carbonyl (C=O) groups is 1. The highest BCUT2D eigenvalue weighted by atomic mass is 32.2. The summed E-state index contributed by atoms with van der Waals surface area (Å²) >= 11 is 1.07. The molecule has 0 bridgehead atoms. The average molecular weight is 355 g/mol. The summed E-state index contributed by atoms with van der Waals surface area (Å²) in [4.78, 5) is 16.1. The number of aromatic nitrogens is 1. The third kappa shape index (κ3) is 4.08. The lowest BCUT2D eigenvalue weighted by Crippen LogP contribution is -2.13. The van der Waals surface area contributed by atoms with Crippen molar-refractivity contribution < 1.29 is 22.1 Å². The van der Waals surface area contributed by atoms with E-state index in [2.05, 4.69) is 4.98 Å². The molecular formula is C15H17NO5S2. The number of ether oxygens (including phenoxy) is 1. The molecule has 8 heteroatoms. The van der Waals surface area contributed by atoms with Crippen molar-refractivity contribution in [1.82, 2.24) is 4.98 Å². The maximum absolute atomic E-state index is 12.3. The van der Waals surface area contributed by atoms with E-state index in [-0.39, 0.29) is 22.3 Å². The van der Waals surface area contributed by atoms with E-state index in [4.69, 9.17) is 8.92 Å². The summed E-state index contributed by atoms with van der Waals surface area (Å²) in [5.41, 5.74) is 0.929. The smallest absolute Gasteiger partial charge is 0.354 e. The van der Waals surface area contributed by atoms with Gasteiger partial charge in [-0.2, -0.15) is 8.42 Å². The predicted octanol–water partition coefficient (Wildman–Crippen LogP) is 2.96. The Hall–Kier alpha value is -1.93. The molecule has 6 nitrogen and oxygen atoms in total. The molecule has 0 spiro atoms. The number of hydrogen-bond donors (Lipinski definition) is 0. The van der Waals surface area contributed by atoms with Crippen LogP contribution in [-0.2, 0) is 21.3 Å². The number of thiazole rings is 1. The topological polar surface area (TPSA) is 82.6 Å². The normalized spacial score (nSPS) is 11.3. The second-order valence-electron chi connectivity index (χ2n) is 4.67. The van der Waals surface area contributed by atoms with Crippen LogP contribution in [0.25, 0.3) is 0 Å². The predicted molar refractivity (Wildman–Crippen MR) is 86.4 cm³/mol. The van der Waals surface area contributed by atoms with Gasteiger partial charge in [-0.05, 0) is 32.4 Å². The lowest BCUT2D eigenvalue weighted by atomic mass is 10.2. The zero-order valence-electron chi connectivity index (χ0n) is 13.0. The monoisotopic (exact) mass is 355 g/mol. The van der Waals surface area contributed by atoms with Crippen molar-refractivity contribution in [2.45, 2.75) is 32.1 Å². The Balaban J connectivity index is 2.36. The molecule has 0 amide bonds. The highest BCUT2D eigenvalue weighted by molar-refractivity contribution is 7.87. The van der Waals surface area contributed by atoms with E-state index < -0.39 is 16.1 Å². The lowest BCUT2D eigenvalue weighted by molar-refractivity contribution is 0.0530. The molecule has 1 aromatic carbocycles. The van der Waals surface area contributed by atoms with Gasteiger partial charge in [-0.3, -0.25) is 0 Å². The molecule has 0 aliphatic heterocycles. The minimum Gasteiger partial charge on any atom is -0.462 e.